The molecule has 0 spiro atoms. The van der Waals surface area contributed by atoms with Gasteiger partial charge in [-0.1, -0.05) is 57.8 Å². The molecule has 0 aliphatic heterocycles. The van der Waals surface area contributed by atoms with Crippen LogP contribution in [0, 0.1) is 0 Å². The van der Waals surface area contributed by atoms with Crippen LogP contribution in [0.3, 0.4) is 0 Å². The van der Waals surface area contributed by atoms with Crippen molar-refractivity contribution in [2.75, 3.05) is 24.7 Å². The van der Waals surface area contributed by atoms with Crippen molar-refractivity contribution in [2.45, 2.75) is 70.6 Å². The van der Waals surface area contributed by atoms with Crippen molar-refractivity contribution in [1.29, 1.82) is 0 Å². The van der Waals surface area contributed by atoms with Crippen LogP contribution < -0.4 is 20.9 Å². The van der Waals surface area contributed by atoms with Crippen LogP contribution in [0.15, 0.2) is 48.5 Å². The van der Waals surface area contributed by atoms with E-state index in [0.717, 1.165) is 48.9 Å². The number of anilines is 2. The smallest absolute Gasteiger partial charge is 0.119 e. The summed E-state index contributed by atoms with van der Waals surface area (Å²) in [7, 11) is 0. The lowest BCUT2D eigenvalue weighted by molar-refractivity contribution is 0.303. The molecule has 2 aromatic rings. The standard InChI is InChI=1S/C25H38N2O2/c26-22-12-16-24(17-13-22)28-20-10-8-6-4-2-1-3-5-7-9-11-21-29-25-18-14-23(27)15-19-25/h12-19H,1-11,20-21,26-27H2. The maximum absolute atomic E-state index is 5.72. The summed E-state index contributed by atoms with van der Waals surface area (Å²) in [5.41, 5.74) is 12.9. The van der Waals surface area contributed by atoms with Crippen molar-refractivity contribution in [3.05, 3.63) is 48.5 Å². The lowest BCUT2D eigenvalue weighted by Crippen LogP contribution is -1.97. The Morgan fingerprint density at radius 1 is 0.414 bits per heavy atom. The van der Waals surface area contributed by atoms with Crippen LogP contribution in [0.25, 0.3) is 0 Å². The Morgan fingerprint density at radius 3 is 1.00 bits per heavy atom. The zero-order valence-corrected chi connectivity index (χ0v) is 17.8. The molecule has 0 unspecified atom stereocenters. The minimum absolute atomic E-state index is 0.778. The first-order chi connectivity index (χ1) is 14.2. The fourth-order valence-corrected chi connectivity index (χ4v) is 3.30. The van der Waals surface area contributed by atoms with E-state index in [1.54, 1.807) is 0 Å². The van der Waals surface area contributed by atoms with Gasteiger partial charge in [-0.2, -0.15) is 0 Å². The normalized spacial score (nSPS) is 10.8. The van der Waals surface area contributed by atoms with E-state index in [1.165, 1.54) is 57.8 Å². The highest BCUT2D eigenvalue weighted by atomic mass is 16.5. The Kier molecular flexibility index (Phi) is 11.6. The molecule has 4 heteroatoms. The summed E-state index contributed by atoms with van der Waals surface area (Å²) < 4.78 is 11.4. The van der Waals surface area contributed by atoms with Crippen LogP contribution in [-0.2, 0) is 0 Å². The molecule has 2 rings (SSSR count). The molecular weight excluding hydrogens is 360 g/mol. The zero-order valence-electron chi connectivity index (χ0n) is 17.8. The highest BCUT2D eigenvalue weighted by molar-refractivity contribution is 5.42. The van der Waals surface area contributed by atoms with Crippen LogP contribution >= 0.6 is 0 Å². The first-order valence-electron chi connectivity index (χ1n) is 11.2. The second kappa shape index (κ2) is 14.6. The second-order valence-electron chi connectivity index (χ2n) is 7.72. The van der Waals surface area contributed by atoms with Crippen LogP contribution in [0.2, 0.25) is 0 Å². The monoisotopic (exact) mass is 398 g/mol. The van der Waals surface area contributed by atoms with Gasteiger partial charge in [0, 0.05) is 11.4 Å². The summed E-state index contributed by atoms with van der Waals surface area (Å²) in [6.45, 7) is 1.60. The summed E-state index contributed by atoms with van der Waals surface area (Å²) in [5, 5.41) is 0. The SMILES string of the molecule is Nc1ccc(OCCCCCCCCCCCCCOc2ccc(N)cc2)cc1. The van der Waals surface area contributed by atoms with Crippen molar-refractivity contribution < 1.29 is 9.47 Å². The number of benzene rings is 2. The Labute approximate surface area is 176 Å². The highest BCUT2D eigenvalue weighted by Crippen LogP contribution is 2.16. The van der Waals surface area contributed by atoms with Gasteiger partial charge in [-0.3, -0.25) is 0 Å². The average molecular weight is 399 g/mol. The Balaban J connectivity index is 1.29. The van der Waals surface area contributed by atoms with Gasteiger partial charge in [0.05, 0.1) is 13.2 Å². The van der Waals surface area contributed by atoms with E-state index in [1.807, 2.05) is 48.5 Å². The molecule has 0 aliphatic carbocycles. The molecule has 0 saturated heterocycles. The molecule has 4 nitrogen and oxygen atoms in total. The molecule has 0 radical (unpaired) electrons. The molecule has 0 aromatic heterocycles. The molecule has 0 heterocycles. The molecule has 0 fully saturated rings. The van der Waals surface area contributed by atoms with E-state index < -0.39 is 0 Å². The molecule has 4 N–H and O–H groups in total. The van der Waals surface area contributed by atoms with E-state index in [4.69, 9.17) is 20.9 Å². The fourth-order valence-electron chi connectivity index (χ4n) is 3.30. The average Bonchev–Trinajstić information content (AvgIpc) is 2.73. The van der Waals surface area contributed by atoms with Crippen molar-refractivity contribution in [2.24, 2.45) is 0 Å². The maximum Gasteiger partial charge on any atom is 0.119 e. The lowest BCUT2D eigenvalue weighted by atomic mass is 10.1. The molecule has 29 heavy (non-hydrogen) atoms. The number of nitrogen functional groups attached to an aromatic ring is 2. The second-order valence-corrected chi connectivity index (χ2v) is 7.72. The van der Waals surface area contributed by atoms with Gasteiger partial charge >= 0.3 is 0 Å². The van der Waals surface area contributed by atoms with Gasteiger partial charge in [-0.05, 0) is 61.4 Å². The number of hydrogen-bond acceptors (Lipinski definition) is 4. The van der Waals surface area contributed by atoms with Crippen LogP contribution in [0.1, 0.15) is 70.6 Å². The van der Waals surface area contributed by atoms with E-state index >= 15 is 0 Å². The summed E-state index contributed by atoms with van der Waals surface area (Å²) in [5.74, 6) is 1.83. The molecule has 0 saturated carbocycles. The minimum Gasteiger partial charge on any atom is -0.494 e. The predicted octanol–water partition coefficient (Wildman–Crippen LogP) is 6.60. The van der Waals surface area contributed by atoms with E-state index in [9.17, 15) is 0 Å². The van der Waals surface area contributed by atoms with Gasteiger partial charge in [0.25, 0.3) is 0 Å². The molecule has 0 aliphatic rings. The van der Waals surface area contributed by atoms with Crippen molar-refractivity contribution >= 4 is 11.4 Å². The third kappa shape index (κ3) is 11.3. The minimum atomic E-state index is 0.778. The third-order valence-electron chi connectivity index (χ3n) is 5.09. The van der Waals surface area contributed by atoms with E-state index in [2.05, 4.69) is 0 Å². The summed E-state index contributed by atoms with van der Waals surface area (Å²) in [4.78, 5) is 0. The van der Waals surface area contributed by atoms with Gasteiger partial charge in [-0.15, -0.1) is 0 Å². The van der Waals surface area contributed by atoms with Crippen molar-refractivity contribution in [3.8, 4) is 11.5 Å². The van der Waals surface area contributed by atoms with Crippen molar-refractivity contribution in [3.63, 3.8) is 0 Å². The van der Waals surface area contributed by atoms with Crippen LogP contribution in [0.4, 0.5) is 11.4 Å². The maximum atomic E-state index is 5.72. The van der Waals surface area contributed by atoms with Gasteiger partial charge < -0.3 is 20.9 Å². The van der Waals surface area contributed by atoms with Gasteiger partial charge in [-0.25, -0.2) is 0 Å². The Bertz CT molecular complexity index is 583. The third-order valence-corrected chi connectivity index (χ3v) is 5.09. The largest absolute Gasteiger partial charge is 0.494 e. The number of unbranched alkanes of at least 4 members (excludes halogenated alkanes) is 10. The van der Waals surface area contributed by atoms with Crippen molar-refractivity contribution in [1.82, 2.24) is 0 Å². The van der Waals surface area contributed by atoms with E-state index in [-0.39, 0.29) is 0 Å². The summed E-state index contributed by atoms with van der Waals surface area (Å²) in [6, 6.07) is 15.2. The van der Waals surface area contributed by atoms with Crippen LogP contribution in [0.5, 0.6) is 11.5 Å². The highest BCUT2D eigenvalue weighted by Gasteiger charge is 1.97. The predicted molar refractivity (Wildman–Crippen MR) is 123 cm³/mol. The Hall–Kier alpha value is -2.36. The quantitative estimate of drug-likeness (QED) is 0.247. The van der Waals surface area contributed by atoms with E-state index in [0.29, 0.717) is 0 Å². The number of ether oxygens (including phenoxy) is 2. The van der Waals surface area contributed by atoms with Crippen LogP contribution in [-0.4, -0.2) is 13.2 Å². The Morgan fingerprint density at radius 2 is 0.690 bits per heavy atom. The molecule has 2 aromatic carbocycles. The van der Waals surface area contributed by atoms with Gasteiger partial charge in [0.1, 0.15) is 11.5 Å². The molecular formula is C25H38N2O2. The molecule has 160 valence electrons. The first-order valence-corrected chi connectivity index (χ1v) is 11.2. The number of rotatable bonds is 16. The topological polar surface area (TPSA) is 70.5 Å². The molecule has 0 amide bonds. The molecule has 0 atom stereocenters. The lowest BCUT2D eigenvalue weighted by Gasteiger charge is -2.07. The fraction of sp³-hybridized carbons (Fsp3) is 0.520. The molecule has 0 bridgehead atoms. The summed E-state index contributed by atoms with van der Waals surface area (Å²) in [6.07, 6.45) is 14.2. The summed E-state index contributed by atoms with van der Waals surface area (Å²) >= 11 is 0. The zero-order chi connectivity index (χ0) is 20.6. The number of nitrogens with two attached hydrogens (primary N) is 2. The number of hydrogen-bond donors (Lipinski definition) is 2. The van der Waals surface area contributed by atoms with Gasteiger partial charge in [0.15, 0.2) is 0 Å². The first kappa shape index (κ1) is 22.9. The van der Waals surface area contributed by atoms with Gasteiger partial charge in [0.2, 0.25) is 0 Å².